The van der Waals surface area contributed by atoms with Crippen LogP contribution in [0.4, 0.5) is 0 Å². The Morgan fingerprint density at radius 1 is 1.41 bits per heavy atom. The Balaban J connectivity index is 1.85. The van der Waals surface area contributed by atoms with E-state index in [0.717, 1.165) is 35.4 Å². The summed E-state index contributed by atoms with van der Waals surface area (Å²) in [6.45, 7) is 1.11. The van der Waals surface area contributed by atoms with E-state index in [4.69, 9.17) is 9.47 Å². The summed E-state index contributed by atoms with van der Waals surface area (Å²) in [6.07, 6.45) is 6.81. The molecule has 0 N–H and O–H groups in total. The highest BCUT2D eigenvalue weighted by molar-refractivity contribution is 9.11. The summed E-state index contributed by atoms with van der Waals surface area (Å²) in [5.41, 5.74) is 4.36. The van der Waals surface area contributed by atoms with Gasteiger partial charge in [0.2, 0.25) is 0 Å². The van der Waals surface area contributed by atoms with E-state index >= 15 is 0 Å². The number of piperidine rings is 1. The van der Waals surface area contributed by atoms with Gasteiger partial charge in [0, 0.05) is 16.1 Å². The van der Waals surface area contributed by atoms with Crippen LogP contribution >= 0.6 is 15.9 Å². The molecule has 0 saturated carbocycles. The van der Waals surface area contributed by atoms with Gasteiger partial charge in [0.05, 0.1) is 12.5 Å². The van der Waals surface area contributed by atoms with E-state index in [-0.39, 0.29) is 11.5 Å². The van der Waals surface area contributed by atoms with Crippen molar-refractivity contribution in [1.82, 2.24) is 4.90 Å². The lowest BCUT2D eigenvalue weighted by atomic mass is 9.57. The van der Waals surface area contributed by atoms with Gasteiger partial charge in [-0.2, -0.15) is 0 Å². The van der Waals surface area contributed by atoms with E-state index in [2.05, 4.69) is 52.2 Å². The molecule has 0 amide bonds. The maximum absolute atomic E-state index is 6.42. The van der Waals surface area contributed by atoms with Crippen LogP contribution in [0.25, 0.3) is 0 Å². The molecule has 5 rings (SSSR count). The molecule has 4 aliphatic rings. The maximum atomic E-state index is 6.42. The van der Waals surface area contributed by atoms with E-state index in [9.17, 15) is 0 Å². The Hall–Kier alpha value is -1.26. The molecule has 3 atom stereocenters. The summed E-state index contributed by atoms with van der Waals surface area (Å²) in [5.74, 6) is 1.83. The molecular formula is C18H18BrNO2. The molecule has 2 aliphatic carbocycles. The monoisotopic (exact) mass is 359 g/mol. The first-order valence-electron chi connectivity index (χ1n) is 7.82. The van der Waals surface area contributed by atoms with E-state index in [1.807, 2.05) is 0 Å². The zero-order valence-electron chi connectivity index (χ0n) is 12.7. The quantitative estimate of drug-likeness (QED) is 0.768. The van der Waals surface area contributed by atoms with Gasteiger partial charge in [-0.05, 0) is 55.8 Å². The Bertz CT molecular complexity index is 754. The van der Waals surface area contributed by atoms with Crippen LogP contribution in [0, 0.1) is 0 Å². The summed E-state index contributed by atoms with van der Waals surface area (Å²) in [4.78, 5) is 2.49. The summed E-state index contributed by atoms with van der Waals surface area (Å²) >= 11 is 3.69. The van der Waals surface area contributed by atoms with Crippen molar-refractivity contribution in [2.45, 2.75) is 30.4 Å². The molecule has 1 aromatic carbocycles. The molecule has 0 radical (unpaired) electrons. The van der Waals surface area contributed by atoms with Crippen molar-refractivity contribution in [2.24, 2.45) is 0 Å². The van der Waals surface area contributed by atoms with Crippen molar-refractivity contribution in [3.8, 4) is 11.5 Å². The maximum Gasteiger partial charge on any atom is 0.166 e. The van der Waals surface area contributed by atoms with E-state index in [1.165, 1.54) is 16.7 Å². The van der Waals surface area contributed by atoms with Crippen LogP contribution in [0.5, 0.6) is 11.5 Å². The van der Waals surface area contributed by atoms with E-state index < -0.39 is 0 Å². The fraction of sp³-hybridized carbons (Fsp3) is 0.444. The van der Waals surface area contributed by atoms with Gasteiger partial charge in [-0.15, -0.1) is 0 Å². The third-order valence-corrected chi connectivity index (χ3v) is 6.38. The van der Waals surface area contributed by atoms with Crippen LogP contribution in [0.3, 0.4) is 0 Å². The molecule has 114 valence electrons. The average molecular weight is 360 g/mol. The van der Waals surface area contributed by atoms with Gasteiger partial charge < -0.3 is 9.47 Å². The lowest BCUT2D eigenvalue weighted by Crippen LogP contribution is -2.57. The largest absolute Gasteiger partial charge is 0.493 e. The Morgan fingerprint density at radius 2 is 2.27 bits per heavy atom. The number of methoxy groups -OCH3 is 1. The summed E-state index contributed by atoms with van der Waals surface area (Å²) < 4.78 is 13.1. The highest BCUT2D eigenvalue weighted by atomic mass is 79.9. The second-order valence-electron chi connectivity index (χ2n) is 6.74. The number of ether oxygens (including phenoxy) is 2. The highest BCUT2D eigenvalue weighted by Gasteiger charge is 2.60. The van der Waals surface area contributed by atoms with Gasteiger partial charge in [-0.25, -0.2) is 0 Å². The predicted molar refractivity (Wildman–Crippen MR) is 88.9 cm³/mol. The molecule has 1 spiro atoms. The van der Waals surface area contributed by atoms with Crippen LogP contribution in [0.1, 0.15) is 17.5 Å². The number of hydrogen-bond acceptors (Lipinski definition) is 3. The topological polar surface area (TPSA) is 21.7 Å². The molecule has 4 heteroatoms. The van der Waals surface area contributed by atoms with Gasteiger partial charge in [-0.3, -0.25) is 4.90 Å². The lowest BCUT2D eigenvalue weighted by Gasteiger charge is -2.52. The van der Waals surface area contributed by atoms with Crippen molar-refractivity contribution in [1.29, 1.82) is 0 Å². The van der Waals surface area contributed by atoms with Gasteiger partial charge in [0.15, 0.2) is 11.5 Å². The molecule has 1 saturated heterocycles. The number of likely N-dealkylation sites (tertiary alicyclic amines) is 1. The number of halogens is 1. The minimum atomic E-state index is 0.0197. The van der Waals surface area contributed by atoms with Crippen LogP contribution < -0.4 is 9.47 Å². The van der Waals surface area contributed by atoms with Crippen molar-refractivity contribution in [2.75, 3.05) is 20.7 Å². The molecule has 0 unspecified atom stereocenters. The highest BCUT2D eigenvalue weighted by Crippen LogP contribution is 2.61. The fourth-order valence-electron chi connectivity index (χ4n) is 4.89. The number of hydrogen-bond donors (Lipinski definition) is 0. The molecule has 1 fully saturated rings. The standard InChI is InChI=1S/C18H18BrNO2/c1-20-6-5-18-12-8-11(19)9-15(18)22-17-14(21-2)4-3-10(16(17)18)7-13(12)20/h3-4,8-9,13,15H,5-7H2,1-2H3/t13-,15+,18-/m1/s1. The molecule has 0 aromatic heterocycles. The Labute approximate surface area is 138 Å². The summed E-state index contributed by atoms with van der Waals surface area (Å²) in [5, 5.41) is 0. The van der Waals surface area contributed by atoms with Crippen LogP contribution in [0.15, 0.2) is 34.3 Å². The normalized spacial score (nSPS) is 34.5. The molecule has 2 bridgehead atoms. The number of likely N-dealkylation sites (N-methyl/N-ethyl adjacent to an activating group) is 1. The Morgan fingerprint density at radius 3 is 3.09 bits per heavy atom. The first kappa shape index (κ1) is 13.2. The van der Waals surface area contributed by atoms with Gasteiger partial charge in [-0.1, -0.05) is 22.0 Å². The van der Waals surface area contributed by atoms with Crippen LogP contribution in [0.2, 0.25) is 0 Å². The second kappa shape index (κ2) is 4.18. The number of allylic oxidation sites excluding steroid dienone is 2. The van der Waals surface area contributed by atoms with Crippen LogP contribution in [-0.2, 0) is 11.8 Å². The van der Waals surface area contributed by atoms with Crippen molar-refractivity contribution >= 4 is 15.9 Å². The zero-order valence-corrected chi connectivity index (χ0v) is 14.3. The first-order chi connectivity index (χ1) is 10.6. The minimum Gasteiger partial charge on any atom is -0.493 e. The van der Waals surface area contributed by atoms with Crippen molar-refractivity contribution < 1.29 is 9.47 Å². The van der Waals surface area contributed by atoms with Crippen molar-refractivity contribution in [3.05, 3.63) is 45.5 Å². The molecule has 2 heterocycles. The summed E-state index contributed by atoms with van der Waals surface area (Å²) in [7, 11) is 3.97. The fourth-order valence-corrected chi connectivity index (χ4v) is 5.38. The van der Waals surface area contributed by atoms with Gasteiger partial charge in [0.25, 0.3) is 0 Å². The first-order valence-corrected chi connectivity index (χ1v) is 8.61. The number of nitrogens with zero attached hydrogens (tertiary/aromatic N) is 1. The smallest absolute Gasteiger partial charge is 0.166 e. The molecule has 22 heavy (non-hydrogen) atoms. The molecular weight excluding hydrogens is 342 g/mol. The second-order valence-corrected chi connectivity index (χ2v) is 7.66. The lowest BCUT2D eigenvalue weighted by molar-refractivity contribution is 0.117. The van der Waals surface area contributed by atoms with Gasteiger partial charge >= 0.3 is 0 Å². The molecule has 2 aliphatic heterocycles. The number of rotatable bonds is 1. The molecule has 1 aromatic rings. The predicted octanol–water partition coefficient (Wildman–Crippen LogP) is 3.17. The van der Waals surface area contributed by atoms with Crippen LogP contribution in [-0.4, -0.2) is 37.7 Å². The zero-order chi connectivity index (χ0) is 15.1. The SMILES string of the molecule is COc1ccc2c3c1O[C@H]1C=C(Br)C=C4[C@@H](C2)N(C)CC[C@]431. The molecule has 3 nitrogen and oxygen atoms in total. The summed E-state index contributed by atoms with van der Waals surface area (Å²) in [6, 6.07) is 4.78. The Kier molecular flexibility index (Phi) is 2.51. The van der Waals surface area contributed by atoms with Crippen molar-refractivity contribution in [3.63, 3.8) is 0 Å². The van der Waals surface area contributed by atoms with E-state index in [0.29, 0.717) is 6.04 Å². The van der Waals surface area contributed by atoms with E-state index in [1.54, 1.807) is 7.11 Å². The third-order valence-electron chi connectivity index (χ3n) is 5.89. The number of benzene rings is 1. The van der Waals surface area contributed by atoms with Gasteiger partial charge in [0.1, 0.15) is 6.10 Å². The third kappa shape index (κ3) is 1.36. The minimum absolute atomic E-state index is 0.0197. The average Bonchev–Trinajstić information content (AvgIpc) is 2.83.